The molecule has 0 saturated heterocycles. The first-order valence-corrected chi connectivity index (χ1v) is 7.10. The molecule has 0 fully saturated rings. The summed E-state index contributed by atoms with van der Waals surface area (Å²) >= 11 is 9.12. The number of nitrogens with zero attached hydrogens (tertiary/aromatic N) is 2. The molecular weight excluding hydrogens is 274 g/mol. The van der Waals surface area contributed by atoms with Gasteiger partial charge >= 0.3 is 0 Å². The summed E-state index contributed by atoms with van der Waals surface area (Å²) in [5.41, 5.74) is 6.92. The predicted octanol–water partition coefficient (Wildman–Crippen LogP) is 3.23. The van der Waals surface area contributed by atoms with Crippen LogP contribution in [0.2, 0.25) is 5.02 Å². The van der Waals surface area contributed by atoms with E-state index >= 15 is 0 Å². The molecule has 17 heavy (non-hydrogen) atoms. The second-order valence-electron chi connectivity index (χ2n) is 3.76. The summed E-state index contributed by atoms with van der Waals surface area (Å²) in [5.74, 6) is 0. The zero-order chi connectivity index (χ0) is 12.3. The van der Waals surface area contributed by atoms with Crippen molar-refractivity contribution in [3.8, 4) is 0 Å². The van der Waals surface area contributed by atoms with Crippen LogP contribution in [-0.4, -0.2) is 15.4 Å². The van der Waals surface area contributed by atoms with E-state index in [9.17, 15) is 0 Å². The molecular formula is C11H12ClN3S2. The topological polar surface area (TPSA) is 51.8 Å². The average Bonchev–Trinajstić information content (AvgIpc) is 2.74. The van der Waals surface area contributed by atoms with Crippen molar-refractivity contribution in [3.63, 3.8) is 0 Å². The Bertz CT molecular complexity index is 485. The molecule has 0 aliphatic carbocycles. The number of aromatic nitrogens is 2. The molecule has 0 radical (unpaired) electrons. The van der Waals surface area contributed by atoms with Crippen molar-refractivity contribution in [1.82, 2.24) is 9.36 Å². The van der Waals surface area contributed by atoms with E-state index in [1.807, 2.05) is 19.1 Å². The van der Waals surface area contributed by atoms with E-state index in [-0.39, 0.29) is 6.04 Å². The molecule has 0 aliphatic rings. The second-order valence-corrected chi connectivity index (χ2v) is 6.23. The van der Waals surface area contributed by atoms with Gasteiger partial charge in [0.15, 0.2) is 4.34 Å². The van der Waals surface area contributed by atoms with Crippen molar-refractivity contribution < 1.29 is 0 Å². The van der Waals surface area contributed by atoms with Crippen molar-refractivity contribution in [2.75, 3.05) is 0 Å². The molecule has 90 valence electrons. The zero-order valence-electron chi connectivity index (χ0n) is 9.26. The van der Waals surface area contributed by atoms with Gasteiger partial charge in [-0.2, -0.15) is 4.37 Å². The molecule has 0 bridgehead atoms. The first-order chi connectivity index (χ1) is 8.15. The van der Waals surface area contributed by atoms with Crippen LogP contribution in [0.1, 0.15) is 12.5 Å². The Morgan fingerprint density at radius 1 is 1.53 bits per heavy atom. The minimum absolute atomic E-state index is 0.146. The number of halogens is 1. The molecule has 3 nitrogen and oxygen atoms in total. The molecule has 1 unspecified atom stereocenters. The third-order valence-electron chi connectivity index (χ3n) is 2.09. The Hall–Kier alpha value is -0.620. The number of benzene rings is 1. The van der Waals surface area contributed by atoms with Crippen molar-refractivity contribution >= 4 is 34.9 Å². The number of hydrogen-bond donors (Lipinski definition) is 1. The fourth-order valence-corrected chi connectivity index (χ4v) is 3.15. The summed E-state index contributed by atoms with van der Waals surface area (Å²) in [6.45, 7) is 1.98. The van der Waals surface area contributed by atoms with Crippen LogP contribution >= 0.6 is 34.9 Å². The maximum atomic E-state index is 6.22. The molecule has 2 aromatic rings. The van der Waals surface area contributed by atoms with Gasteiger partial charge in [-0.3, -0.25) is 0 Å². The quantitative estimate of drug-likeness (QED) is 0.937. The van der Waals surface area contributed by atoms with E-state index in [1.165, 1.54) is 23.3 Å². The maximum Gasteiger partial charge on any atom is 0.174 e. The molecule has 2 rings (SSSR count). The van der Waals surface area contributed by atoms with Crippen LogP contribution in [0.15, 0.2) is 33.8 Å². The van der Waals surface area contributed by atoms with Gasteiger partial charge in [0.05, 0.1) is 5.02 Å². The van der Waals surface area contributed by atoms with Crippen LogP contribution in [0.4, 0.5) is 0 Å². The first-order valence-electron chi connectivity index (χ1n) is 5.13. The number of nitrogens with two attached hydrogens (primary N) is 1. The van der Waals surface area contributed by atoms with Crippen molar-refractivity contribution in [2.24, 2.45) is 5.73 Å². The molecule has 1 aromatic heterocycles. The van der Waals surface area contributed by atoms with E-state index in [4.69, 9.17) is 17.3 Å². The van der Waals surface area contributed by atoms with Gasteiger partial charge in [0, 0.05) is 10.9 Å². The Morgan fingerprint density at radius 2 is 2.35 bits per heavy atom. The monoisotopic (exact) mass is 285 g/mol. The van der Waals surface area contributed by atoms with Crippen LogP contribution in [0.25, 0.3) is 0 Å². The maximum absolute atomic E-state index is 6.22. The third kappa shape index (κ3) is 3.67. The highest BCUT2D eigenvalue weighted by Gasteiger charge is 2.07. The van der Waals surface area contributed by atoms with Crippen LogP contribution < -0.4 is 5.73 Å². The second kappa shape index (κ2) is 5.82. The molecule has 0 saturated carbocycles. The molecule has 0 amide bonds. The zero-order valence-corrected chi connectivity index (χ0v) is 11.6. The summed E-state index contributed by atoms with van der Waals surface area (Å²) in [4.78, 5) is 5.11. The predicted molar refractivity (Wildman–Crippen MR) is 72.8 cm³/mol. The Labute approximate surface area is 114 Å². The fourth-order valence-electron chi connectivity index (χ4n) is 1.43. The van der Waals surface area contributed by atoms with E-state index in [2.05, 4.69) is 15.4 Å². The fraction of sp³-hybridized carbons (Fsp3) is 0.273. The Balaban J connectivity index is 2.14. The lowest BCUT2D eigenvalue weighted by molar-refractivity contribution is 0.738. The minimum Gasteiger partial charge on any atom is -0.328 e. The summed E-state index contributed by atoms with van der Waals surface area (Å²) < 4.78 is 4.85. The smallest absolute Gasteiger partial charge is 0.174 e. The lowest BCUT2D eigenvalue weighted by Gasteiger charge is -2.07. The Kier molecular flexibility index (Phi) is 4.39. The van der Waals surface area contributed by atoms with Crippen LogP contribution in [0, 0.1) is 0 Å². The summed E-state index contributed by atoms with van der Waals surface area (Å²) in [6.07, 6.45) is 2.38. The molecule has 2 N–H and O–H groups in total. The van der Waals surface area contributed by atoms with E-state index in [0.717, 1.165) is 26.2 Å². The summed E-state index contributed by atoms with van der Waals surface area (Å²) in [6, 6.07) is 6.17. The van der Waals surface area contributed by atoms with Gasteiger partial charge in [-0.15, -0.1) is 0 Å². The average molecular weight is 286 g/mol. The first kappa shape index (κ1) is 12.8. The van der Waals surface area contributed by atoms with Gasteiger partial charge in [-0.1, -0.05) is 29.4 Å². The highest BCUT2D eigenvalue weighted by molar-refractivity contribution is 8.01. The molecule has 0 aliphatic heterocycles. The van der Waals surface area contributed by atoms with E-state index in [1.54, 1.807) is 6.33 Å². The molecule has 6 heteroatoms. The van der Waals surface area contributed by atoms with Crippen LogP contribution in [0.5, 0.6) is 0 Å². The van der Waals surface area contributed by atoms with Gasteiger partial charge < -0.3 is 5.73 Å². The highest BCUT2D eigenvalue weighted by atomic mass is 35.5. The lowest BCUT2D eigenvalue weighted by atomic mass is 10.1. The normalized spacial score (nSPS) is 12.6. The van der Waals surface area contributed by atoms with E-state index < -0.39 is 0 Å². The molecule has 1 aromatic carbocycles. The van der Waals surface area contributed by atoms with Crippen LogP contribution in [-0.2, 0) is 6.42 Å². The third-order valence-corrected chi connectivity index (χ3v) is 4.31. The molecule has 1 heterocycles. The molecule has 0 spiro atoms. The van der Waals surface area contributed by atoms with Crippen LogP contribution in [0.3, 0.4) is 0 Å². The van der Waals surface area contributed by atoms with Crippen molar-refractivity contribution in [1.29, 1.82) is 0 Å². The SMILES string of the molecule is CC(N)Cc1ccc(Sc2ncns2)c(Cl)c1. The minimum atomic E-state index is 0.146. The summed E-state index contributed by atoms with van der Waals surface area (Å²) in [7, 11) is 0. The van der Waals surface area contributed by atoms with Gasteiger partial charge in [-0.05, 0) is 42.6 Å². The van der Waals surface area contributed by atoms with Gasteiger partial charge in [0.2, 0.25) is 0 Å². The largest absolute Gasteiger partial charge is 0.328 e. The highest BCUT2D eigenvalue weighted by Crippen LogP contribution is 2.34. The van der Waals surface area contributed by atoms with Crippen molar-refractivity contribution in [2.45, 2.75) is 28.6 Å². The standard InChI is InChI=1S/C11H12ClN3S2/c1-7(13)4-8-2-3-10(9(12)5-8)16-11-14-6-15-17-11/h2-3,5-7H,4,13H2,1H3. The number of rotatable bonds is 4. The molecule has 1 atom stereocenters. The number of hydrogen-bond acceptors (Lipinski definition) is 5. The van der Waals surface area contributed by atoms with E-state index in [0.29, 0.717) is 0 Å². The summed E-state index contributed by atoms with van der Waals surface area (Å²) in [5, 5.41) is 0.739. The Morgan fingerprint density at radius 3 is 2.94 bits per heavy atom. The van der Waals surface area contributed by atoms with Gasteiger partial charge in [-0.25, -0.2) is 4.98 Å². The van der Waals surface area contributed by atoms with Gasteiger partial charge in [0.25, 0.3) is 0 Å². The van der Waals surface area contributed by atoms with Gasteiger partial charge in [0.1, 0.15) is 6.33 Å². The van der Waals surface area contributed by atoms with Crippen molar-refractivity contribution in [3.05, 3.63) is 35.1 Å². The lowest BCUT2D eigenvalue weighted by Crippen LogP contribution is -2.17.